The van der Waals surface area contributed by atoms with E-state index >= 15 is 0 Å². The first kappa shape index (κ1) is 12.5. The van der Waals surface area contributed by atoms with Gasteiger partial charge in [-0.1, -0.05) is 6.07 Å². The smallest absolute Gasteiger partial charge is 0.376 e. The number of hydrogen-bond acceptors (Lipinski definition) is 6. The van der Waals surface area contributed by atoms with E-state index in [0.717, 1.165) is 0 Å². The first-order valence-corrected chi connectivity index (χ1v) is 6.44. The molecule has 2 heterocycles. The summed E-state index contributed by atoms with van der Waals surface area (Å²) in [6.07, 6.45) is 1.54. The molecule has 5 nitrogen and oxygen atoms in total. The van der Waals surface area contributed by atoms with E-state index in [0.29, 0.717) is 19.0 Å². The molecule has 94 valence electrons. The normalized spacial score (nSPS) is 10.1. The largest absolute Gasteiger partial charge is 0.460 e. The topological polar surface area (TPSA) is 64.1 Å². The zero-order chi connectivity index (χ0) is 12.8. The Labute approximate surface area is 109 Å². The predicted octanol–water partition coefficient (Wildman–Crippen LogP) is 2.33. The van der Waals surface area contributed by atoms with Crippen molar-refractivity contribution in [2.45, 2.75) is 13.5 Å². The average molecular weight is 263 g/mol. The van der Waals surface area contributed by atoms with Gasteiger partial charge in [-0.15, -0.1) is 11.3 Å². The van der Waals surface area contributed by atoms with E-state index < -0.39 is 5.97 Å². The molecule has 2 aromatic rings. The van der Waals surface area contributed by atoms with Crippen molar-refractivity contribution in [2.75, 3.05) is 11.9 Å². The Balaban J connectivity index is 2.01. The summed E-state index contributed by atoms with van der Waals surface area (Å²) >= 11 is 1.66. The molecule has 2 aromatic heterocycles. The lowest BCUT2D eigenvalue weighted by atomic mass is 10.4. The van der Waals surface area contributed by atoms with Gasteiger partial charge in [0.05, 0.1) is 13.2 Å². The van der Waals surface area contributed by atoms with Gasteiger partial charge in [0.2, 0.25) is 5.82 Å². The Kier molecular flexibility index (Phi) is 4.25. The number of anilines is 1. The van der Waals surface area contributed by atoms with Crippen LogP contribution >= 0.6 is 11.3 Å². The molecule has 0 saturated carbocycles. The number of rotatable bonds is 5. The molecule has 0 unspecified atom stereocenters. The molecule has 1 N–H and O–H groups in total. The van der Waals surface area contributed by atoms with Crippen LogP contribution in [0.3, 0.4) is 0 Å². The third kappa shape index (κ3) is 3.27. The Morgan fingerprint density at radius 1 is 1.50 bits per heavy atom. The minimum atomic E-state index is -0.503. The highest BCUT2D eigenvalue weighted by molar-refractivity contribution is 7.09. The quantitative estimate of drug-likeness (QED) is 0.839. The van der Waals surface area contributed by atoms with Crippen LogP contribution in [-0.4, -0.2) is 22.5 Å². The standard InChI is InChI=1S/C12H13N3O2S/c1-2-17-12(16)11-13-6-5-10(15-11)14-8-9-4-3-7-18-9/h3-7H,2,8H2,1H3,(H,13,14,15). The minimum Gasteiger partial charge on any atom is -0.460 e. The Morgan fingerprint density at radius 3 is 3.11 bits per heavy atom. The molecule has 0 bridgehead atoms. The van der Waals surface area contributed by atoms with E-state index in [1.807, 2.05) is 17.5 Å². The first-order chi connectivity index (χ1) is 8.79. The number of thiophene rings is 1. The van der Waals surface area contributed by atoms with Crippen LogP contribution in [0.1, 0.15) is 22.4 Å². The molecule has 0 aliphatic heterocycles. The zero-order valence-corrected chi connectivity index (χ0v) is 10.7. The fraction of sp³-hybridized carbons (Fsp3) is 0.250. The van der Waals surface area contributed by atoms with E-state index in [9.17, 15) is 4.79 Å². The molecule has 0 aliphatic rings. The molecule has 0 spiro atoms. The molecule has 0 radical (unpaired) electrons. The summed E-state index contributed by atoms with van der Waals surface area (Å²) in [4.78, 5) is 20.6. The highest BCUT2D eigenvalue weighted by Crippen LogP contribution is 2.11. The number of esters is 1. The summed E-state index contributed by atoms with van der Waals surface area (Å²) in [5.41, 5.74) is 0. The Morgan fingerprint density at radius 2 is 2.39 bits per heavy atom. The lowest BCUT2D eigenvalue weighted by Crippen LogP contribution is -2.11. The van der Waals surface area contributed by atoms with Crippen LogP contribution in [0.4, 0.5) is 5.82 Å². The molecular formula is C12H13N3O2S. The van der Waals surface area contributed by atoms with Crippen LogP contribution in [0.5, 0.6) is 0 Å². The maximum Gasteiger partial charge on any atom is 0.376 e. The van der Waals surface area contributed by atoms with Gasteiger partial charge in [-0.3, -0.25) is 0 Å². The van der Waals surface area contributed by atoms with E-state index in [1.165, 1.54) is 11.1 Å². The molecule has 2 rings (SSSR count). The van der Waals surface area contributed by atoms with Crippen molar-refractivity contribution < 1.29 is 9.53 Å². The molecule has 0 aliphatic carbocycles. The number of nitrogens with one attached hydrogen (secondary N) is 1. The van der Waals surface area contributed by atoms with Crippen LogP contribution in [0.15, 0.2) is 29.8 Å². The van der Waals surface area contributed by atoms with Gasteiger partial charge in [-0.25, -0.2) is 14.8 Å². The highest BCUT2D eigenvalue weighted by Gasteiger charge is 2.10. The average Bonchev–Trinajstić information content (AvgIpc) is 2.90. The first-order valence-electron chi connectivity index (χ1n) is 5.56. The third-order valence-electron chi connectivity index (χ3n) is 2.14. The van der Waals surface area contributed by atoms with Crippen LogP contribution < -0.4 is 5.32 Å². The van der Waals surface area contributed by atoms with Gasteiger partial charge in [0.15, 0.2) is 0 Å². The van der Waals surface area contributed by atoms with Gasteiger partial charge in [-0.05, 0) is 24.4 Å². The minimum absolute atomic E-state index is 0.0769. The lowest BCUT2D eigenvalue weighted by Gasteiger charge is -2.05. The van der Waals surface area contributed by atoms with Crippen molar-refractivity contribution in [2.24, 2.45) is 0 Å². The third-order valence-corrected chi connectivity index (χ3v) is 3.01. The van der Waals surface area contributed by atoms with Crippen LogP contribution in [0.25, 0.3) is 0 Å². The maximum atomic E-state index is 11.5. The monoisotopic (exact) mass is 263 g/mol. The predicted molar refractivity (Wildman–Crippen MR) is 69.6 cm³/mol. The van der Waals surface area contributed by atoms with Gasteiger partial charge < -0.3 is 10.1 Å². The fourth-order valence-electron chi connectivity index (χ4n) is 1.34. The van der Waals surface area contributed by atoms with Gasteiger partial charge in [0, 0.05) is 11.1 Å². The highest BCUT2D eigenvalue weighted by atomic mass is 32.1. The van der Waals surface area contributed by atoms with Crippen LogP contribution in [-0.2, 0) is 11.3 Å². The fourth-order valence-corrected chi connectivity index (χ4v) is 1.99. The number of hydrogen-bond donors (Lipinski definition) is 1. The Bertz CT molecular complexity index is 514. The van der Waals surface area contributed by atoms with Crippen molar-refractivity contribution in [1.29, 1.82) is 0 Å². The second kappa shape index (κ2) is 6.11. The molecule has 0 aromatic carbocycles. The van der Waals surface area contributed by atoms with Crippen molar-refractivity contribution in [1.82, 2.24) is 9.97 Å². The second-order valence-corrected chi connectivity index (χ2v) is 4.45. The molecule has 0 atom stereocenters. The molecule has 0 saturated heterocycles. The van der Waals surface area contributed by atoms with Crippen molar-refractivity contribution >= 4 is 23.1 Å². The summed E-state index contributed by atoms with van der Waals surface area (Å²) in [5, 5.41) is 5.15. The summed E-state index contributed by atoms with van der Waals surface area (Å²) in [6, 6.07) is 5.74. The number of aromatic nitrogens is 2. The van der Waals surface area contributed by atoms with Crippen molar-refractivity contribution in [3.05, 3.63) is 40.5 Å². The molecular weight excluding hydrogens is 250 g/mol. The van der Waals surface area contributed by atoms with Crippen LogP contribution in [0, 0.1) is 0 Å². The van der Waals surface area contributed by atoms with Crippen LogP contribution in [0.2, 0.25) is 0 Å². The molecule has 0 amide bonds. The summed E-state index contributed by atoms with van der Waals surface area (Å²) in [6.45, 7) is 2.74. The number of ether oxygens (including phenoxy) is 1. The molecule has 0 fully saturated rings. The van der Waals surface area contributed by atoms with Gasteiger partial charge >= 0.3 is 5.97 Å². The number of carbonyl (C=O) groups excluding carboxylic acids is 1. The summed E-state index contributed by atoms with van der Waals surface area (Å²) < 4.78 is 4.84. The number of nitrogens with zero attached hydrogens (tertiary/aromatic N) is 2. The van der Waals surface area contributed by atoms with Gasteiger partial charge in [0.25, 0.3) is 0 Å². The van der Waals surface area contributed by atoms with E-state index in [4.69, 9.17) is 4.74 Å². The SMILES string of the molecule is CCOC(=O)c1nccc(NCc2cccs2)n1. The Hall–Kier alpha value is -1.95. The van der Waals surface area contributed by atoms with Crippen molar-refractivity contribution in [3.8, 4) is 0 Å². The van der Waals surface area contributed by atoms with Gasteiger partial charge in [0.1, 0.15) is 5.82 Å². The number of carbonyl (C=O) groups is 1. The summed E-state index contributed by atoms with van der Waals surface area (Å²) in [5.74, 6) is 0.187. The summed E-state index contributed by atoms with van der Waals surface area (Å²) in [7, 11) is 0. The maximum absolute atomic E-state index is 11.5. The molecule has 6 heteroatoms. The second-order valence-electron chi connectivity index (χ2n) is 3.42. The zero-order valence-electron chi connectivity index (χ0n) is 9.92. The lowest BCUT2D eigenvalue weighted by molar-refractivity contribution is 0.0512. The van der Waals surface area contributed by atoms with Gasteiger partial charge in [-0.2, -0.15) is 0 Å². The van der Waals surface area contributed by atoms with Crippen molar-refractivity contribution in [3.63, 3.8) is 0 Å². The molecule has 18 heavy (non-hydrogen) atoms. The van der Waals surface area contributed by atoms with E-state index in [-0.39, 0.29) is 5.82 Å². The van der Waals surface area contributed by atoms with E-state index in [2.05, 4.69) is 15.3 Å². The van der Waals surface area contributed by atoms with E-state index in [1.54, 1.807) is 24.3 Å².